The van der Waals surface area contributed by atoms with E-state index in [1.54, 1.807) is 0 Å². The summed E-state index contributed by atoms with van der Waals surface area (Å²) < 4.78 is 0. The number of aliphatic hydroxyl groups excluding tert-OH is 2. The lowest BCUT2D eigenvalue weighted by atomic mass is 10.1. The van der Waals surface area contributed by atoms with Gasteiger partial charge in [-0.3, -0.25) is 0 Å². The molecule has 0 spiro atoms. The maximum absolute atomic E-state index is 8.66. The number of rotatable bonds is 29. The first kappa shape index (κ1) is 39.3. The molecule has 0 unspecified atom stereocenters. The highest BCUT2D eigenvalue weighted by atomic mass is 16.3. The molecule has 0 rings (SSSR count). The first-order chi connectivity index (χ1) is 18.8. The lowest BCUT2D eigenvalue weighted by Gasteiger charge is -1.99. The first-order valence-electron chi connectivity index (χ1n) is 17.0. The van der Waals surface area contributed by atoms with Crippen LogP contribution in [0.4, 0.5) is 0 Å². The van der Waals surface area contributed by atoms with Crippen molar-refractivity contribution >= 4 is 0 Å². The highest BCUT2D eigenvalue weighted by Gasteiger charge is 1.91. The third kappa shape index (κ3) is 42.2. The van der Waals surface area contributed by atoms with Gasteiger partial charge in [0.15, 0.2) is 0 Å². The minimum absolute atomic E-state index is 0.356. The van der Waals surface area contributed by atoms with Crippen LogP contribution in [0.5, 0.6) is 0 Å². The molecule has 0 amide bonds. The van der Waals surface area contributed by atoms with Crippen molar-refractivity contribution in [3.63, 3.8) is 0 Å². The molecular formula is C36H70O2. The largest absolute Gasteiger partial charge is 0.396 e. The zero-order valence-corrected chi connectivity index (χ0v) is 26.2. The molecule has 0 aliphatic heterocycles. The van der Waals surface area contributed by atoms with E-state index in [4.69, 9.17) is 10.2 Å². The van der Waals surface area contributed by atoms with Crippen LogP contribution in [-0.2, 0) is 0 Å². The van der Waals surface area contributed by atoms with Crippen molar-refractivity contribution in [2.24, 2.45) is 0 Å². The Morgan fingerprint density at radius 2 is 0.579 bits per heavy atom. The molecule has 0 aliphatic carbocycles. The smallest absolute Gasteiger partial charge is 0.0431 e. The SMILES string of the molecule is CCCCC/C=C\C/C=C\CCCCCCCCO.CCCCCCCC/C=C\CCCCCCCCO. The van der Waals surface area contributed by atoms with E-state index < -0.39 is 0 Å². The monoisotopic (exact) mass is 535 g/mol. The number of aliphatic hydroxyl groups is 2. The number of unbranched alkanes of at least 4 members (excludes halogenated alkanes) is 21. The van der Waals surface area contributed by atoms with Gasteiger partial charge in [-0.15, -0.1) is 0 Å². The fourth-order valence-electron chi connectivity index (χ4n) is 4.46. The summed E-state index contributed by atoms with van der Waals surface area (Å²) in [6, 6.07) is 0. The van der Waals surface area contributed by atoms with Crippen molar-refractivity contribution in [2.75, 3.05) is 13.2 Å². The fraction of sp³-hybridized carbons (Fsp3) is 0.833. The second-order valence-electron chi connectivity index (χ2n) is 11.0. The highest BCUT2D eigenvalue weighted by molar-refractivity contribution is 4.92. The molecule has 226 valence electrons. The third-order valence-electron chi connectivity index (χ3n) is 7.03. The van der Waals surface area contributed by atoms with Crippen molar-refractivity contribution in [2.45, 2.75) is 181 Å². The molecule has 2 heteroatoms. The highest BCUT2D eigenvalue weighted by Crippen LogP contribution is 2.10. The van der Waals surface area contributed by atoms with Crippen LogP contribution < -0.4 is 0 Å². The molecule has 0 aromatic rings. The van der Waals surface area contributed by atoms with Gasteiger partial charge in [0.1, 0.15) is 0 Å². The molecule has 0 heterocycles. The quantitative estimate of drug-likeness (QED) is 0.0739. The molecule has 0 atom stereocenters. The minimum Gasteiger partial charge on any atom is -0.396 e. The summed E-state index contributed by atoms with van der Waals surface area (Å²) in [6.45, 7) is 5.24. The van der Waals surface area contributed by atoms with Crippen LogP contribution in [0.2, 0.25) is 0 Å². The summed E-state index contributed by atoms with van der Waals surface area (Å²) in [4.78, 5) is 0. The van der Waals surface area contributed by atoms with Crippen LogP contribution in [-0.4, -0.2) is 23.4 Å². The van der Waals surface area contributed by atoms with Crippen LogP contribution >= 0.6 is 0 Å². The molecule has 2 N–H and O–H groups in total. The number of hydrogen-bond donors (Lipinski definition) is 2. The molecule has 38 heavy (non-hydrogen) atoms. The molecule has 0 fully saturated rings. The Balaban J connectivity index is 0. The molecule has 2 nitrogen and oxygen atoms in total. The molecule has 0 aromatic heterocycles. The minimum atomic E-state index is 0.356. The summed E-state index contributed by atoms with van der Waals surface area (Å²) in [5.41, 5.74) is 0. The number of hydrogen-bond acceptors (Lipinski definition) is 2. The van der Waals surface area contributed by atoms with E-state index in [9.17, 15) is 0 Å². The molecule has 0 radical (unpaired) electrons. The van der Waals surface area contributed by atoms with Crippen LogP contribution in [0.1, 0.15) is 181 Å². The Kier molecular flexibility index (Phi) is 42.0. The van der Waals surface area contributed by atoms with Crippen LogP contribution in [0.25, 0.3) is 0 Å². The first-order valence-corrected chi connectivity index (χ1v) is 17.0. The van der Waals surface area contributed by atoms with Crippen molar-refractivity contribution in [3.05, 3.63) is 36.5 Å². The average molecular weight is 535 g/mol. The molecule has 0 aromatic carbocycles. The van der Waals surface area contributed by atoms with Crippen molar-refractivity contribution < 1.29 is 10.2 Å². The fourth-order valence-corrected chi connectivity index (χ4v) is 4.46. The summed E-state index contributed by atoms with van der Waals surface area (Å²) in [5.74, 6) is 0. The summed E-state index contributed by atoms with van der Waals surface area (Å²) in [6.07, 6.45) is 47.4. The second kappa shape index (κ2) is 40.6. The normalized spacial score (nSPS) is 11.7. The van der Waals surface area contributed by atoms with Crippen LogP contribution in [0.15, 0.2) is 36.5 Å². The zero-order valence-electron chi connectivity index (χ0n) is 26.2. The van der Waals surface area contributed by atoms with E-state index in [-0.39, 0.29) is 0 Å². The van der Waals surface area contributed by atoms with Crippen molar-refractivity contribution in [1.29, 1.82) is 0 Å². The van der Waals surface area contributed by atoms with Crippen molar-refractivity contribution in [1.82, 2.24) is 0 Å². The Morgan fingerprint density at radius 1 is 0.316 bits per heavy atom. The van der Waals surface area contributed by atoms with E-state index in [1.165, 1.54) is 148 Å². The van der Waals surface area contributed by atoms with E-state index in [0.29, 0.717) is 13.2 Å². The zero-order chi connectivity index (χ0) is 28.0. The Morgan fingerprint density at radius 3 is 0.947 bits per heavy atom. The van der Waals surface area contributed by atoms with Gasteiger partial charge in [-0.05, 0) is 70.6 Å². The maximum atomic E-state index is 8.66. The van der Waals surface area contributed by atoms with E-state index in [1.807, 2.05) is 0 Å². The topological polar surface area (TPSA) is 40.5 Å². The van der Waals surface area contributed by atoms with Gasteiger partial charge in [0.2, 0.25) is 0 Å². The van der Waals surface area contributed by atoms with Gasteiger partial charge in [0.25, 0.3) is 0 Å². The maximum Gasteiger partial charge on any atom is 0.0431 e. The van der Waals surface area contributed by atoms with E-state index in [2.05, 4.69) is 50.3 Å². The Bertz CT molecular complexity index is 466. The van der Waals surface area contributed by atoms with Gasteiger partial charge in [0, 0.05) is 13.2 Å². The van der Waals surface area contributed by atoms with Crippen LogP contribution in [0, 0.1) is 0 Å². The molecule has 0 saturated carbocycles. The van der Waals surface area contributed by atoms with Crippen LogP contribution in [0.3, 0.4) is 0 Å². The Labute approximate surface area is 240 Å². The predicted octanol–water partition coefficient (Wildman–Crippen LogP) is 11.8. The molecular weight excluding hydrogens is 464 g/mol. The second-order valence-corrected chi connectivity index (χ2v) is 11.0. The standard InChI is InChI=1S/C18H36O.C18H34O/c2*1-2-3-4-5-6-7-8-9-10-11-12-13-14-15-16-17-18-19/h9-10,19H,2-8,11-18H2,1H3;6-7,9-10,19H,2-5,8,11-18H2,1H3/b10-9-;7-6-,10-9-. The lowest BCUT2D eigenvalue weighted by molar-refractivity contribution is 0.282. The summed E-state index contributed by atoms with van der Waals surface area (Å²) >= 11 is 0. The summed E-state index contributed by atoms with van der Waals surface area (Å²) in [7, 11) is 0. The average Bonchev–Trinajstić information content (AvgIpc) is 2.93. The van der Waals surface area contributed by atoms with Gasteiger partial charge in [-0.25, -0.2) is 0 Å². The van der Waals surface area contributed by atoms with Gasteiger partial charge < -0.3 is 10.2 Å². The number of allylic oxidation sites excluding steroid dienone is 6. The van der Waals surface area contributed by atoms with Gasteiger partial charge in [-0.2, -0.15) is 0 Å². The molecule has 0 aliphatic rings. The molecule has 0 saturated heterocycles. The Hall–Kier alpha value is -0.860. The third-order valence-corrected chi connectivity index (χ3v) is 7.03. The van der Waals surface area contributed by atoms with E-state index in [0.717, 1.165) is 19.3 Å². The van der Waals surface area contributed by atoms with E-state index >= 15 is 0 Å². The van der Waals surface area contributed by atoms with Gasteiger partial charge in [-0.1, -0.05) is 147 Å². The van der Waals surface area contributed by atoms with Gasteiger partial charge in [0.05, 0.1) is 0 Å². The lowest BCUT2D eigenvalue weighted by Crippen LogP contribution is -1.83. The van der Waals surface area contributed by atoms with Crippen molar-refractivity contribution in [3.8, 4) is 0 Å². The summed E-state index contributed by atoms with van der Waals surface area (Å²) in [5, 5.41) is 17.3. The van der Waals surface area contributed by atoms with Gasteiger partial charge >= 0.3 is 0 Å². The predicted molar refractivity (Wildman–Crippen MR) is 173 cm³/mol. The molecule has 0 bridgehead atoms.